The summed E-state index contributed by atoms with van der Waals surface area (Å²) in [7, 11) is 0. The van der Waals surface area contributed by atoms with Gasteiger partial charge in [0.05, 0.1) is 6.42 Å². The van der Waals surface area contributed by atoms with Gasteiger partial charge in [0.1, 0.15) is 5.01 Å². The molecule has 0 saturated heterocycles. The molecule has 0 aliphatic heterocycles. The average molecular weight is 257 g/mol. The molecule has 1 rings (SSSR count). The molecule has 1 heterocycles. The lowest BCUT2D eigenvalue weighted by Crippen LogP contribution is -2.30. The van der Waals surface area contributed by atoms with Crippen LogP contribution in [-0.4, -0.2) is 45.2 Å². The van der Waals surface area contributed by atoms with Crippen molar-refractivity contribution >= 4 is 23.2 Å². The summed E-state index contributed by atoms with van der Waals surface area (Å²) >= 11 is 1.17. The highest BCUT2D eigenvalue weighted by Gasteiger charge is 2.17. The van der Waals surface area contributed by atoms with Gasteiger partial charge in [-0.1, -0.05) is 11.3 Å². The Kier molecular flexibility index (Phi) is 5.02. The first-order valence-corrected chi connectivity index (χ1v) is 6.23. The lowest BCUT2D eigenvalue weighted by molar-refractivity contribution is -0.136. The van der Waals surface area contributed by atoms with Gasteiger partial charge in [0, 0.05) is 19.5 Å². The molecule has 0 atom stereocenters. The molecule has 94 valence electrons. The van der Waals surface area contributed by atoms with Gasteiger partial charge in [-0.2, -0.15) is 0 Å². The van der Waals surface area contributed by atoms with Gasteiger partial charge in [0.2, 0.25) is 5.01 Å². The van der Waals surface area contributed by atoms with Crippen LogP contribution < -0.4 is 0 Å². The van der Waals surface area contributed by atoms with Crippen LogP contribution >= 0.6 is 11.3 Å². The number of carbonyl (C=O) groups is 2. The van der Waals surface area contributed by atoms with E-state index in [1.165, 1.54) is 11.3 Å². The third-order valence-electron chi connectivity index (χ3n) is 2.25. The van der Waals surface area contributed by atoms with E-state index < -0.39 is 5.97 Å². The van der Waals surface area contributed by atoms with Crippen LogP contribution in [-0.2, 0) is 11.2 Å². The highest BCUT2D eigenvalue weighted by atomic mass is 32.1. The van der Waals surface area contributed by atoms with Crippen LogP contribution in [0.4, 0.5) is 0 Å². The Morgan fingerprint density at radius 3 is 2.47 bits per heavy atom. The van der Waals surface area contributed by atoms with Crippen molar-refractivity contribution in [1.29, 1.82) is 0 Å². The van der Waals surface area contributed by atoms with Gasteiger partial charge in [-0.25, -0.2) is 0 Å². The first kappa shape index (κ1) is 13.6. The van der Waals surface area contributed by atoms with Crippen molar-refractivity contribution in [3.63, 3.8) is 0 Å². The van der Waals surface area contributed by atoms with Gasteiger partial charge < -0.3 is 10.0 Å². The third-order valence-corrected chi connectivity index (χ3v) is 3.22. The molecule has 0 fully saturated rings. The van der Waals surface area contributed by atoms with E-state index in [4.69, 9.17) is 5.11 Å². The molecule has 1 aromatic heterocycles. The normalized spacial score (nSPS) is 10.2. The zero-order chi connectivity index (χ0) is 12.8. The predicted octanol–water partition coefficient (Wildman–Crippen LogP) is 1.04. The van der Waals surface area contributed by atoms with Crippen molar-refractivity contribution in [2.24, 2.45) is 0 Å². The van der Waals surface area contributed by atoms with Crippen LogP contribution in [0, 0.1) is 0 Å². The second-order valence-corrected chi connectivity index (χ2v) is 4.43. The number of hydrogen-bond acceptors (Lipinski definition) is 5. The van der Waals surface area contributed by atoms with E-state index in [2.05, 4.69) is 10.2 Å². The standard InChI is InChI=1S/C10H15N3O3S/c1-3-13(4-2)10(16)9-12-11-7(17-9)5-6-8(14)15/h3-6H2,1-2H3,(H,14,15). The number of carbonyl (C=O) groups excluding carboxylic acids is 1. The fourth-order valence-electron chi connectivity index (χ4n) is 1.30. The van der Waals surface area contributed by atoms with E-state index in [0.717, 1.165) is 0 Å². The Labute approximate surface area is 103 Å². The number of aromatic nitrogens is 2. The topological polar surface area (TPSA) is 83.4 Å². The molecular formula is C10H15N3O3S. The number of carboxylic acids is 1. The summed E-state index contributed by atoms with van der Waals surface area (Å²) in [5, 5.41) is 17.1. The van der Waals surface area contributed by atoms with Gasteiger partial charge in [-0.3, -0.25) is 9.59 Å². The van der Waals surface area contributed by atoms with Gasteiger partial charge >= 0.3 is 5.97 Å². The Hall–Kier alpha value is -1.50. The highest BCUT2D eigenvalue weighted by molar-refractivity contribution is 7.13. The molecule has 0 aliphatic carbocycles. The number of nitrogens with zero attached hydrogens (tertiary/aromatic N) is 3. The number of amides is 1. The molecule has 0 bridgehead atoms. The van der Waals surface area contributed by atoms with E-state index in [9.17, 15) is 9.59 Å². The zero-order valence-corrected chi connectivity index (χ0v) is 10.7. The maximum atomic E-state index is 11.9. The first-order chi connectivity index (χ1) is 8.08. The highest BCUT2D eigenvalue weighted by Crippen LogP contribution is 2.13. The van der Waals surface area contributed by atoms with Gasteiger partial charge in [0.25, 0.3) is 5.91 Å². The van der Waals surface area contributed by atoms with Crippen molar-refractivity contribution in [3.05, 3.63) is 10.0 Å². The van der Waals surface area contributed by atoms with E-state index in [-0.39, 0.29) is 12.3 Å². The van der Waals surface area contributed by atoms with Crippen LogP contribution in [0.25, 0.3) is 0 Å². The molecule has 0 spiro atoms. The second-order valence-electron chi connectivity index (χ2n) is 3.37. The SMILES string of the molecule is CCN(CC)C(=O)c1nnc(CCC(=O)O)s1. The second kappa shape index (κ2) is 6.29. The molecule has 6 nitrogen and oxygen atoms in total. The fourth-order valence-corrected chi connectivity index (χ4v) is 2.11. The quantitative estimate of drug-likeness (QED) is 0.823. The van der Waals surface area contributed by atoms with Crippen LogP contribution in [0.1, 0.15) is 35.1 Å². The molecule has 1 amide bonds. The van der Waals surface area contributed by atoms with Crippen LogP contribution in [0.5, 0.6) is 0 Å². The summed E-state index contributed by atoms with van der Waals surface area (Å²) in [5.41, 5.74) is 0. The van der Waals surface area contributed by atoms with Crippen LogP contribution in [0.3, 0.4) is 0 Å². The summed E-state index contributed by atoms with van der Waals surface area (Å²) < 4.78 is 0. The van der Waals surface area contributed by atoms with Crippen molar-refractivity contribution in [1.82, 2.24) is 15.1 Å². The maximum Gasteiger partial charge on any atom is 0.303 e. The van der Waals surface area contributed by atoms with Gasteiger partial charge in [0.15, 0.2) is 0 Å². The Morgan fingerprint density at radius 1 is 1.29 bits per heavy atom. The third kappa shape index (κ3) is 3.77. The molecule has 1 aromatic rings. The lowest BCUT2D eigenvalue weighted by atomic mass is 10.3. The van der Waals surface area contributed by atoms with Gasteiger partial charge in [-0.15, -0.1) is 10.2 Å². The molecular weight excluding hydrogens is 242 g/mol. The number of aliphatic carboxylic acids is 1. The lowest BCUT2D eigenvalue weighted by Gasteiger charge is -2.15. The number of aryl methyl sites for hydroxylation is 1. The molecule has 7 heteroatoms. The molecule has 0 saturated carbocycles. The van der Waals surface area contributed by atoms with Crippen LogP contribution in [0.2, 0.25) is 0 Å². The van der Waals surface area contributed by atoms with E-state index in [1.54, 1.807) is 4.90 Å². The van der Waals surface area contributed by atoms with E-state index in [1.807, 2.05) is 13.8 Å². The largest absolute Gasteiger partial charge is 0.481 e. The van der Waals surface area contributed by atoms with Crippen LogP contribution in [0.15, 0.2) is 0 Å². The maximum absolute atomic E-state index is 11.9. The molecule has 1 N–H and O–H groups in total. The predicted molar refractivity (Wildman–Crippen MR) is 63.1 cm³/mol. The Morgan fingerprint density at radius 2 is 1.94 bits per heavy atom. The molecule has 0 aromatic carbocycles. The van der Waals surface area contributed by atoms with Crippen molar-refractivity contribution in [2.45, 2.75) is 26.7 Å². The smallest absolute Gasteiger partial charge is 0.303 e. The summed E-state index contributed by atoms with van der Waals surface area (Å²) in [4.78, 5) is 23.9. The fraction of sp³-hybridized carbons (Fsp3) is 0.600. The van der Waals surface area contributed by atoms with Crippen molar-refractivity contribution in [2.75, 3.05) is 13.1 Å². The van der Waals surface area contributed by atoms with Crippen molar-refractivity contribution in [3.8, 4) is 0 Å². The van der Waals surface area contributed by atoms with E-state index in [0.29, 0.717) is 29.5 Å². The van der Waals surface area contributed by atoms with Crippen molar-refractivity contribution < 1.29 is 14.7 Å². The number of carboxylic acid groups (broad SMARTS) is 1. The number of rotatable bonds is 6. The summed E-state index contributed by atoms with van der Waals surface area (Å²) in [5.74, 6) is -1.02. The monoisotopic (exact) mass is 257 g/mol. The average Bonchev–Trinajstić information content (AvgIpc) is 2.76. The number of hydrogen-bond donors (Lipinski definition) is 1. The van der Waals surface area contributed by atoms with E-state index >= 15 is 0 Å². The minimum atomic E-state index is -0.878. The molecule has 0 unspecified atom stereocenters. The minimum Gasteiger partial charge on any atom is -0.481 e. The molecule has 0 radical (unpaired) electrons. The molecule has 17 heavy (non-hydrogen) atoms. The first-order valence-electron chi connectivity index (χ1n) is 5.41. The molecule has 0 aliphatic rings. The zero-order valence-electron chi connectivity index (χ0n) is 9.84. The minimum absolute atomic E-state index is 0.00803. The summed E-state index contributed by atoms with van der Waals surface area (Å²) in [6, 6.07) is 0. The Balaban J connectivity index is 2.67. The Bertz CT molecular complexity index is 401. The summed E-state index contributed by atoms with van der Waals surface area (Å²) in [6.45, 7) is 5.04. The van der Waals surface area contributed by atoms with Gasteiger partial charge in [-0.05, 0) is 13.8 Å². The summed E-state index contributed by atoms with van der Waals surface area (Å²) in [6.07, 6.45) is 0.326.